The van der Waals surface area contributed by atoms with Crippen LogP contribution in [0.2, 0.25) is 0 Å². The third kappa shape index (κ3) is 3.54. The number of hydrogen-bond donors (Lipinski definition) is 0. The van der Waals surface area contributed by atoms with E-state index in [9.17, 15) is 4.79 Å². The molecule has 1 aromatic carbocycles. The molecule has 2 aromatic rings. The normalized spacial score (nSPS) is 20.4. The van der Waals surface area contributed by atoms with Crippen molar-refractivity contribution in [3.63, 3.8) is 0 Å². The molecule has 2 atom stereocenters. The van der Waals surface area contributed by atoms with E-state index < -0.39 is 0 Å². The Morgan fingerprint density at radius 1 is 1.43 bits per heavy atom. The molecule has 1 amide bonds. The van der Waals surface area contributed by atoms with E-state index in [0.717, 1.165) is 17.7 Å². The Kier molecular flexibility index (Phi) is 4.93. The van der Waals surface area contributed by atoms with Crippen molar-refractivity contribution in [2.24, 2.45) is 5.92 Å². The van der Waals surface area contributed by atoms with Gasteiger partial charge in [-0.05, 0) is 30.0 Å². The number of methoxy groups -OCH3 is 1. The molecule has 2 heterocycles. The Hall–Kier alpha value is -1.92. The van der Waals surface area contributed by atoms with Crippen LogP contribution < -0.4 is 9.64 Å². The van der Waals surface area contributed by atoms with Crippen molar-refractivity contribution in [1.82, 2.24) is 4.98 Å². The average molecular weight is 332 g/mol. The molecule has 3 rings (SSSR count). The fourth-order valence-electron chi connectivity index (χ4n) is 2.67. The number of benzene rings is 1. The average Bonchev–Trinajstić information content (AvgIpc) is 3.24. The van der Waals surface area contributed by atoms with E-state index in [1.165, 1.54) is 11.3 Å². The number of rotatable bonds is 5. The van der Waals surface area contributed by atoms with Crippen LogP contribution in [0.15, 0.2) is 35.8 Å². The molecule has 0 unspecified atom stereocenters. The Balaban J connectivity index is 1.82. The van der Waals surface area contributed by atoms with Crippen LogP contribution in [-0.2, 0) is 16.1 Å². The lowest BCUT2D eigenvalue weighted by Gasteiger charge is -2.24. The molecule has 0 bridgehead atoms. The van der Waals surface area contributed by atoms with Gasteiger partial charge < -0.3 is 9.47 Å². The fourth-order valence-corrected chi connectivity index (χ4v) is 3.31. The summed E-state index contributed by atoms with van der Waals surface area (Å²) in [5.74, 6) is 1.02. The highest BCUT2D eigenvalue weighted by Gasteiger charge is 2.35. The molecule has 0 N–H and O–H groups in total. The van der Waals surface area contributed by atoms with Crippen LogP contribution in [0.4, 0.5) is 5.13 Å². The van der Waals surface area contributed by atoms with Crippen LogP contribution in [-0.4, -0.2) is 30.7 Å². The van der Waals surface area contributed by atoms with Crippen molar-refractivity contribution in [1.29, 1.82) is 0 Å². The zero-order chi connectivity index (χ0) is 16.2. The number of amides is 1. The van der Waals surface area contributed by atoms with Crippen molar-refractivity contribution >= 4 is 22.4 Å². The van der Waals surface area contributed by atoms with E-state index in [-0.39, 0.29) is 17.9 Å². The quantitative estimate of drug-likeness (QED) is 0.844. The van der Waals surface area contributed by atoms with Gasteiger partial charge in [-0.25, -0.2) is 4.98 Å². The third-order valence-electron chi connectivity index (χ3n) is 4.05. The lowest BCUT2D eigenvalue weighted by molar-refractivity contribution is -0.128. The Morgan fingerprint density at radius 2 is 2.22 bits per heavy atom. The van der Waals surface area contributed by atoms with E-state index in [0.29, 0.717) is 18.3 Å². The summed E-state index contributed by atoms with van der Waals surface area (Å²) >= 11 is 1.46. The molecule has 0 saturated carbocycles. The summed E-state index contributed by atoms with van der Waals surface area (Å²) in [6, 6.07) is 7.72. The molecule has 1 saturated heterocycles. The summed E-state index contributed by atoms with van der Waals surface area (Å²) in [4.78, 5) is 19.0. The highest BCUT2D eigenvalue weighted by molar-refractivity contribution is 7.13. The maximum atomic E-state index is 12.9. The standard InChI is InChI=1S/C17H20N2O3S/c1-12-7-9-22-15(12)16(20)19(17-18-8-10-23-17)11-13-3-5-14(21-2)6-4-13/h3-6,8,10,12,15H,7,9,11H2,1-2H3/t12-,15+/m1/s1. The summed E-state index contributed by atoms with van der Waals surface area (Å²) in [6.07, 6.45) is 2.26. The van der Waals surface area contributed by atoms with Crippen molar-refractivity contribution in [3.05, 3.63) is 41.4 Å². The maximum Gasteiger partial charge on any atom is 0.258 e. The van der Waals surface area contributed by atoms with Crippen LogP contribution in [0.3, 0.4) is 0 Å². The zero-order valence-corrected chi connectivity index (χ0v) is 14.1. The van der Waals surface area contributed by atoms with Gasteiger partial charge in [-0.2, -0.15) is 0 Å². The van der Waals surface area contributed by atoms with Gasteiger partial charge in [0.25, 0.3) is 5.91 Å². The molecule has 0 aliphatic carbocycles. The molecule has 5 nitrogen and oxygen atoms in total. The fraction of sp³-hybridized carbons (Fsp3) is 0.412. The minimum atomic E-state index is -0.378. The molecule has 23 heavy (non-hydrogen) atoms. The zero-order valence-electron chi connectivity index (χ0n) is 13.3. The monoisotopic (exact) mass is 332 g/mol. The Labute approximate surface area is 139 Å². The predicted octanol–water partition coefficient (Wildman–Crippen LogP) is 3.11. The predicted molar refractivity (Wildman–Crippen MR) is 89.8 cm³/mol. The van der Waals surface area contributed by atoms with Crippen LogP contribution in [0.5, 0.6) is 5.75 Å². The first-order chi connectivity index (χ1) is 11.2. The molecule has 122 valence electrons. The maximum absolute atomic E-state index is 12.9. The Morgan fingerprint density at radius 3 is 2.78 bits per heavy atom. The van der Waals surface area contributed by atoms with E-state index in [1.807, 2.05) is 29.6 Å². The smallest absolute Gasteiger partial charge is 0.258 e. The lowest BCUT2D eigenvalue weighted by Crippen LogP contribution is -2.41. The molecular formula is C17H20N2O3S. The minimum absolute atomic E-state index is 0.0132. The number of carbonyl (C=O) groups is 1. The van der Waals surface area contributed by atoms with Crippen molar-refractivity contribution < 1.29 is 14.3 Å². The summed E-state index contributed by atoms with van der Waals surface area (Å²) < 4.78 is 10.8. The van der Waals surface area contributed by atoms with Gasteiger partial charge in [0.15, 0.2) is 5.13 Å². The second-order valence-electron chi connectivity index (χ2n) is 5.64. The van der Waals surface area contributed by atoms with Gasteiger partial charge in [0, 0.05) is 18.2 Å². The van der Waals surface area contributed by atoms with E-state index >= 15 is 0 Å². The molecule has 1 aromatic heterocycles. The van der Waals surface area contributed by atoms with Crippen LogP contribution >= 0.6 is 11.3 Å². The molecule has 1 aliphatic heterocycles. The number of hydrogen-bond acceptors (Lipinski definition) is 5. The van der Waals surface area contributed by atoms with Crippen molar-refractivity contribution in [3.8, 4) is 5.75 Å². The van der Waals surface area contributed by atoms with Gasteiger partial charge in [0.1, 0.15) is 11.9 Å². The molecule has 0 spiro atoms. The minimum Gasteiger partial charge on any atom is -0.497 e. The van der Waals surface area contributed by atoms with Gasteiger partial charge in [0.05, 0.1) is 13.7 Å². The number of ether oxygens (including phenoxy) is 2. The van der Waals surface area contributed by atoms with Gasteiger partial charge in [-0.1, -0.05) is 19.1 Å². The number of carbonyl (C=O) groups excluding carboxylic acids is 1. The van der Waals surface area contributed by atoms with Crippen molar-refractivity contribution in [2.75, 3.05) is 18.6 Å². The highest BCUT2D eigenvalue weighted by Crippen LogP contribution is 2.27. The molecule has 1 fully saturated rings. The van der Waals surface area contributed by atoms with Crippen LogP contribution in [0.1, 0.15) is 18.9 Å². The second-order valence-corrected chi connectivity index (χ2v) is 6.52. The molecular weight excluding hydrogens is 312 g/mol. The van der Waals surface area contributed by atoms with E-state index in [4.69, 9.17) is 9.47 Å². The second kappa shape index (κ2) is 7.10. The molecule has 0 radical (unpaired) electrons. The highest BCUT2D eigenvalue weighted by atomic mass is 32.1. The number of nitrogens with zero attached hydrogens (tertiary/aromatic N) is 2. The van der Waals surface area contributed by atoms with E-state index in [2.05, 4.69) is 11.9 Å². The third-order valence-corrected chi connectivity index (χ3v) is 4.84. The number of aromatic nitrogens is 1. The van der Waals surface area contributed by atoms with E-state index in [1.54, 1.807) is 18.2 Å². The summed E-state index contributed by atoms with van der Waals surface area (Å²) in [5, 5.41) is 2.58. The first kappa shape index (κ1) is 16.0. The number of thiazole rings is 1. The van der Waals surface area contributed by atoms with Gasteiger partial charge in [-0.3, -0.25) is 9.69 Å². The van der Waals surface area contributed by atoms with Crippen LogP contribution in [0.25, 0.3) is 0 Å². The topological polar surface area (TPSA) is 51.7 Å². The lowest BCUT2D eigenvalue weighted by atomic mass is 10.0. The first-order valence-electron chi connectivity index (χ1n) is 7.64. The Bertz CT molecular complexity index is 642. The molecule has 6 heteroatoms. The summed E-state index contributed by atoms with van der Waals surface area (Å²) in [7, 11) is 1.64. The summed E-state index contributed by atoms with van der Waals surface area (Å²) in [6.45, 7) is 3.18. The van der Waals surface area contributed by atoms with Crippen LogP contribution in [0, 0.1) is 5.92 Å². The van der Waals surface area contributed by atoms with Gasteiger partial charge >= 0.3 is 0 Å². The SMILES string of the molecule is COc1ccc(CN(C(=O)[C@H]2OCC[C@H]2C)c2nccs2)cc1. The van der Waals surface area contributed by atoms with Crippen molar-refractivity contribution in [2.45, 2.75) is 26.0 Å². The largest absolute Gasteiger partial charge is 0.497 e. The van der Waals surface area contributed by atoms with Gasteiger partial charge in [0.2, 0.25) is 0 Å². The summed E-state index contributed by atoms with van der Waals surface area (Å²) in [5.41, 5.74) is 1.03. The van der Waals surface area contributed by atoms with Gasteiger partial charge in [-0.15, -0.1) is 11.3 Å². The number of anilines is 1. The molecule has 1 aliphatic rings. The first-order valence-corrected chi connectivity index (χ1v) is 8.52.